The molecule has 0 aliphatic heterocycles. The van der Waals surface area contributed by atoms with Crippen molar-refractivity contribution in [3.63, 3.8) is 0 Å². The number of hydrogen-bond donors (Lipinski definition) is 2. The molecule has 1 aromatic heterocycles. The monoisotopic (exact) mass is 302 g/mol. The number of anilines is 1. The Bertz CT molecular complexity index is 573. The van der Waals surface area contributed by atoms with E-state index in [1.165, 1.54) is 17.4 Å². The van der Waals surface area contributed by atoms with Gasteiger partial charge in [0.2, 0.25) is 5.91 Å². The Morgan fingerprint density at radius 2 is 1.90 bits per heavy atom. The maximum absolute atomic E-state index is 11.0. The molecule has 0 atom stereocenters. The molecule has 0 radical (unpaired) electrons. The number of benzene rings is 1. The minimum atomic E-state index is -0.0430. The second-order valence-electron chi connectivity index (χ2n) is 5.84. The highest BCUT2D eigenvalue weighted by molar-refractivity contribution is 7.10. The van der Waals surface area contributed by atoms with Gasteiger partial charge < -0.3 is 10.6 Å². The summed E-state index contributed by atoms with van der Waals surface area (Å²) in [6.07, 6.45) is 0. The first-order valence-electron chi connectivity index (χ1n) is 7.08. The number of amides is 1. The molecule has 0 aliphatic carbocycles. The van der Waals surface area contributed by atoms with Crippen LogP contribution < -0.4 is 10.6 Å². The molecule has 0 saturated heterocycles. The van der Waals surface area contributed by atoms with Crippen LogP contribution in [0.5, 0.6) is 0 Å². The van der Waals surface area contributed by atoms with Crippen LogP contribution in [0.15, 0.2) is 41.8 Å². The molecule has 1 aromatic carbocycles. The molecule has 0 unspecified atom stereocenters. The summed E-state index contributed by atoms with van der Waals surface area (Å²) in [6, 6.07) is 12.2. The van der Waals surface area contributed by atoms with Crippen molar-refractivity contribution in [3.05, 3.63) is 52.2 Å². The van der Waals surface area contributed by atoms with E-state index >= 15 is 0 Å². The van der Waals surface area contributed by atoms with Gasteiger partial charge in [0.05, 0.1) is 0 Å². The Kier molecular flexibility index (Phi) is 5.15. The molecule has 0 bridgehead atoms. The van der Waals surface area contributed by atoms with Crippen molar-refractivity contribution in [2.75, 3.05) is 11.9 Å². The normalized spacial score (nSPS) is 11.4. The van der Waals surface area contributed by atoms with Crippen molar-refractivity contribution in [3.8, 4) is 0 Å². The Morgan fingerprint density at radius 3 is 2.48 bits per heavy atom. The average molecular weight is 302 g/mol. The van der Waals surface area contributed by atoms with Gasteiger partial charge in [-0.2, -0.15) is 0 Å². The van der Waals surface area contributed by atoms with E-state index in [1.807, 2.05) is 24.3 Å². The van der Waals surface area contributed by atoms with Crippen LogP contribution in [0.25, 0.3) is 0 Å². The summed E-state index contributed by atoms with van der Waals surface area (Å²) in [5.74, 6) is -0.0430. The average Bonchev–Trinajstić information content (AvgIpc) is 2.95. The van der Waals surface area contributed by atoms with Gasteiger partial charge in [0, 0.05) is 36.0 Å². The van der Waals surface area contributed by atoms with Crippen LogP contribution in [-0.2, 0) is 16.8 Å². The summed E-state index contributed by atoms with van der Waals surface area (Å²) in [6.45, 7) is 7.79. The van der Waals surface area contributed by atoms with Gasteiger partial charge in [-0.25, -0.2) is 0 Å². The molecule has 0 spiro atoms. The summed E-state index contributed by atoms with van der Waals surface area (Å²) in [7, 11) is 0. The zero-order valence-corrected chi connectivity index (χ0v) is 13.6. The van der Waals surface area contributed by atoms with Crippen molar-refractivity contribution in [2.45, 2.75) is 32.7 Å². The van der Waals surface area contributed by atoms with E-state index in [0.29, 0.717) is 0 Å². The smallest absolute Gasteiger partial charge is 0.221 e. The van der Waals surface area contributed by atoms with Crippen LogP contribution in [0.3, 0.4) is 0 Å². The van der Waals surface area contributed by atoms with Gasteiger partial charge in [0.15, 0.2) is 0 Å². The fourth-order valence-electron chi connectivity index (χ4n) is 2.18. The molecule has 21 heavy (non-hydrogen) atoms. The predicted molar refractivity (Wildman–Crippen MR) is 89.8 cm³/mol. The third-order valence-corrected chi connectivity index (χ3v) is 4.59. The van der Waals surface area contributed by atoms with Crippen LogP contribution in [0, 0.1) is 0 Å². The lowest BCUT2D eigenvalue weighted by molar-refractivity contribution is -0.114. The standard InChI is InChI=1S/C17H22N2OS/c1-13(20)19-15-8-6-14(7-9-15)11-18-12-17(2,3)16-5-4-10-21-16/h4-10,18H,11-12H2,1-3H3,(H,19,20). The van der Waals surface area contributed by atoms with Crippen molar-refractivity contribution >= 4 is 22.9 Å². The van der Waals surface area contributed by atoms with E-state index in [1.54, 1.807) is 11.3 Å². The molecule has 3 nitrogen and oxygen atoms in total. The zero-order chi connectivity index (χ0) is 15.3. The molecule has 0 saturated carbocycles. The van der Waals surface area contributed by atoms with E-state index < -0.39 is 0 Å². The molecular formula is C17H22N2OS. The van der Waals surface area contributed by atoms with Crippen LogP contribution in [0.1, 0.15) is 31.2 Å². The molecule has 1 heterocycles. The van der Waals surface area contributed by atoms with Crippen LogP contribution in [0.4, 0.5) is 5.69 Å². The van der Waals surface area contributed by atoms with Gasteiger partial charge >= 0.3 is 0 Å². The van der Waals surface area contributed by atoms with E-state index in [2.05, 4.69) is 42.0 Å². The van der Waals surface area contributed by atoms with Crippen LogP contribution in [0.2, 0.25) is 0 Å². The molecule has 0 aliphatic rings. The topological polar surface area (TPSA) is 41.1 Å². The van der Waals surface area contributed by atoms with Crippen LogP contribution >= 0.6 is 11.3 Å². The van der Waals surface area contributed by atoms with Crippen molar-refractivity contribution in [1.82, 2.24) is 5.32 Å². The van der Waals surface area contributed by atoms with Gasteiger partial charge in [0.25, 0.3) is 0 Å². The lowest BCUT2D eigenvalue weighted by atomic mass is 9.91. The van der Waals surface area contributed by atoms with E-state index in [0.717, 1.165) is 18.8 Å². The molecule has 0 fully saturated rings. The number of thiophene rings is 1. The predicted octanol–water partition coefficient (Wildman–Crippen LogP) is 3.77. The van der Waals surface area contributed by atoms with E-state index in [9.17, 15) is 4.79 Å². The quantitative estimate of drug-likeness (QED) is 0.852. The second kappa shape index (κ2) is 6.87. The second-order valence-corrected chi connectivity index (χ2v) is 6.79. The van der Waals surface area contributed by atoms with Crippen molar-refractivity contribution in [1.29, 1.82) is 0 Å². The largest absolute Gasteiger partial charge is 0.326 e. The fourth-order valence-corrected chi connectivity index (χ4v) is 3.03. The lowest BCUT2D eigenvalue weighted by Gasteiger charge is -2.23. The Balaban J connectivity index is 1.84. The first kappa shape index (κ1) is 15.7. The van der Waals surface area contributed by atoms with Gasteiger partial charge in [-0.1, -0.05) is 32.0 Å². The number of hydrogen-bond acceptors (Lipinski definition) is 3. The maximum atomic E-state index is 11.0. The molecule has 2 aromatic rings. The summed E-state index contributed by atoms with van der Waals surface area (Å²) in [4.78, 5) is 12.4. The van der Waals surface area contributed by atoms with Gasteiger partial charge in [-0.15, -0.1) is 11.3 Å². The number of carbonyl (C=O) groups excluding carboxylic acids is 1. The Morgan fingerprint density at radius 1 is 1.19 bits per heavy atom. The molecule has 4 heteroatoms. The summed E-state index contributed by atoms with van der Waals surface area (Å²) >= 11 is 1.80. The first-order chi connectivity index (χ1) is 9.97. The highest BCUT2D eigenvalue weighted by atomic mass is 32.1. The van der Waals surface area contributed by atoms with Gasteiger partial charge in [-0.05, 0) is 29.1 Å². The van der Waals surface area contributed by atoms with E-state index in [4.69, 9.17) is 0 Å². The van der Waals surface area contributed by atoms with Gasteiger partial charge in [-0.3, -0.25) is 4.79 Å². The number of nitrogens with one attached hydrogen (secondary N) is 2. The summed E-state index contributed by atoms with van der Waals surface area (Å²) in [5, 5.41) is 8.41. The molecule has 2 rings (SSSR count). The number of carbonyl (C=O) groups is 1. The minimum absolute atomic E-state index is 0.0430. The molecule has 112 valence electrons. The zero-order valence-electron chi connectivity index (χ0n) is 12.8. The highest BCUT2D eigenvalue weighted by Crippen LogP contribution is 2.26. The maximum Gasteiger partial charge on any atom is 0.221 e. The summed E-state index contributed by atoms with van der Waals surface area (Å²) < 4.78 is 0. The Hall–Kier alpha value is -1.65. The molecule has 2 N–H and O–H groups in total. The minimum Gasteiger partial charge on any atom is -0.326 e. The first-order valence-corrected chi connectivity index (χ1v) is 7.96. The third-order valence-electron chi connectivity index (χ3n) is 3.36. The SMILES string of the molecule is CC(=O)Nc1ccc(CNCC(C)(C)c2cccs2)cc1. The Labute approximate surface area is 130 Å². The van der Waals surface area contributed by atoms with Crippen molar-refractivity contribution in [2.24, 2.45) is 0 Å². The molecular weight excluding hydrogens is 280 g/mol. The van der Waals surface area contributed by atoms with Crippen molar-refractivity contribution < 1.29 is 4.79 Å². The lowest BCUT2D eigenvalue weighted by Crippen LogP contribution is -2.31. The summed E-state index contributed by atoms with van der Waals surface area (Å²) in [5.41, 5.74) is 2.20. The van der Waals surface area contributed by atoms with Gasteiger partial charge in [0.1, 0.15) is 0 Å². The highest BCUT2D eigenvalue weighted by Gasteiger charge is 2.20. The third kappa shape index (κ3) is 4.69. The number of rotatable bonds is 6. The fraction of sp³-hybridized carbons (Fsp3) is 0.353. The molecule has 1 amide bonds. The van der Waals surface area contributed by atoms with E-state index in [-0.39, 0.29) is 11.3 Å². The van der Waals surface area contributed by atoms with Crippen LogP contribution in [-0.4, -0.2) is 12.5 Å².